The van der Waals surface area contributed by atoms with E-state index in [2.05, 4.69) is 28.2 Å². The molecule has 0 aromatic heterocycles. The highest BCUT2D eigenvalue weighted by Crippen LogP contribution is 2.18. The third-order valence-corrected chi connectivity index (χ3v) is 3.71. The number of alkyl halides is 1. The molecule has 0 bridgehead atoms. The van der Waals surface area contributed by atoms with Crippen LogP contribution in [-0.2, 0) is 9.53 Å². The average Bonchev–Trinajstić information content (AvgIpc) is 2.30. The van der Waals surface area contributed by atoms with Gasteiger partial charge in [0.15, 0.2) is 0 Å². The maximum Gasteiger partial charge on any atom is 0.220 e. The second-order valence-electron chi connectivity index (χ2n) is 4.45. The molecular formula is C12H22BrNO2. The summed E-state index contributed by atoms with van der Waals surface area (Å²) in [6.45, 7) is 3.79. The Labute approximate surface area is 106 Å². The summed E-state index contributed by atoms with van der Waals surface area (Å²) in [5, 5.41) is 4.08. The fraction of sp³-hybridized carbons (Fsp3) is 0.917. The Balaban J connectivity index is 2.16. The number of rotatable bonds is 6. The van der Waals surface area contributed by atoms with Crippen molar-refractivity contribution >= 4 is 21.8 Å². The van der Waals surface area contributed by atoms with Crippen LogP contribution in [0.2, 0.25) is 0 Å². The molecule has 1 rings (SSSR count). The van der Waals surface area contributed by atoms with Gasteiger partial charge >= 0.3 is 0 Å². The lowest BCUT2D eigenvalue weighted by Gasteiger charge is -2.28. The van der Waals surface area contributed by atoms with Crippen LogP contribution < -0.4 is 5.32 Å². The summed E-state index contributed by atoms with van der Waals surface area (Å²) in [5.74, 6) is 0.786. The first-order chi connectivity index (χ1) is 7.74. The Morgan fingerprint density at radius 1 is 1.44 bits per heavy atom. The molecule has 1 heterocycles. The van der Waals surface area contributed by atoms with Crippen LogP contribution in [0.1, 0.15) is 39.0 Å². The molecule has 1 amide bonds. The number of amides is 1. The molecule has 1 saturated heterocycles. The Morgan fingerprint density at radius 3 is 2.75 bits per heavy atom. The zero-order valence-corrected chi connectivity index (χ0v) is 11.6. The van der Waals surface area contributed by atoms with E-state index in [-0.39, 0.29) is 5.91 Å². The molecule has 0 saturated carbocycles. The predicted molar refractivity (Wildman–Crippen MR) is 68.8 cm³/mol. The van der Waals surface area contributed by atoms with Crippen LogP contribution in [0, 0.1) is 5.92 Å². The normalized spacial score (nSPS) is 19.4. The summed E-state index contributed by atoms with van der Waals surface area (Å²) in [4.78, 5) is 11.6. The van der Waals surface area contributed by atoms with Crippen molar-refractivity contribution < 1.29 is 9.53 Å². The summed E-state index contributed by atoms with van der Waals surface area (Å²) < 4.78 is 5.32. The van der Waals surface area contributed by atoms with Gasteiger partial charge in [-0.2, -0.15) is 0 Å². The number of carbonyl (C=O) groups is 1. The number of unbranched alkanes of at least 4 members (excludes halogenated alkanes) is 1. The quantitative estimate of drug-likeness (QED) is 0.603. The third kappa shape index (κ3) is 5.30. The van der Waals surface area contributed by atoms with Gasteiger partial charge in [-0.25, -0.2) is 0 Å². The number of hydrogen-bond acceptors (Lipinski definition) is 2. The van der Waals surface area contributed by atoms with Gasteiger partial charge < -0.3 is 10.1 Å². The Bertz CT molecular complexity index is 205. The number of ether oxygens (including phenoxy) is 1. The number of halogens is 1. The number of hydrogen-bond donors (Lipinski definition) is 1. The largest absolute Gasteiger partial charge is 0.381 e. The van der Waals surface area contributed by atoms with E-state index in [0.717, 1.165) is 44.2 Å². The van der Waals surface area contributed by atoms with Crippen LogP contribution in [-0.4, -0.2) is 30.5 Å². The molecule has 94 valence electrons. The van der Waals surface area contributed by atoms with Crippen molar-refractivity contribution in [3.63, 3.8) is 0 Å². The summed E-state index contributed by atoms with van der Waals surface area (Å²) in [6, 6.07) is 0.292. The van der Waals surface area contributed by atoms with Gasteiger partial charge in [0.25, 0.3) is 0 Å². The molecule has 0 spiro atoms. The van der Waals surface area contributed by atoms with Crippen LogP contribution in [0.15, 0.2) is 0 Å². The van der Waals surface area contributed by atoms with Crippen molar-refractivity contribution in [2.24, 2.45) is 5.92 Å². The molecule has 1 unspecified atom stereocenters. The van der Waals surface area contributed by atoms with Gasteiger partial charge in [0.2, 0.25) is 5.91 Å². The lowest BCUT2D eigenvalue weighted by atomic mass is 9.93. The van der Waals surface area contributed by atoms with E-state index in [9.17, 15) is 4.79 Å². The molecule has 1 atom stereocenters. The van der Waals surface area contributed by atoms with Gasteiger partial charge in [0.05, 0.1) is 0 Å². The molecule has 1 N–H and O–H groups in total. The molecule has 1 aliphatic heterocycles. The average molecular weight is 292 g/mol. The van der Waals surface area contributed by atoms with Crippen LogP contribution >= 0.6 is 15.9 Å². The lowest BCUT2D eigenvalue weighted by Crippen LogP contribution is -2.40. The zero-order valence-electron chi connectivity index (χ0n) is 10.0. The van der Waals surface area contributed by atoms with Crippen LogP contribution in [0.25, 0.3) is 0 Å². The minimum atomic E-state index is 0.194. The zero-order chi connectivity index (χ0) is 11.8. The summed E-state index contributed by atoms with van der Waals surface area (Å²) in [5.41, 5.74) is 0. The molecule has 0 aromatic rings. The Hall–Kier alpha value is -0.0900. The standard InChI is InChI=1S/C12H22BrNO2/c1-10(11-5-8-16-9-6-11)14-12(15)4-2-3-7-13/h10-11H,2-9H2,1H3,(H,14,15). The maximum atomic E-state index is 11.6. The minimum Gasteiger partial charge on any atom is -0.381 e. The second kappa shape index (κ2) is 8.07. The molecule has 0 aliphatic carbocycles. The smallest absolute Gasteiger partial charge is 0.220 e. The fourth-order valence-corrected chi connectivity index (χ4v) is 2.44. The number of nitrogens with one attached hydrogen (secondary N) is 1. The summed E-state index contributed by atoms with van der Waals surface area (Å²) in [6.07, 6.45) is 4.83. The molecule has 0 radical (unpaired) electrons. The molecule has 0 aromatic carbocycles. The summed E-state index contributed by atoms with van der Waals surface area (Å²) in [7, 11) is 0. The van der Waals surface area contributed by atoms with Gasteiger partial charge in [-0.05, 0) is 38.5 Å². The molecule has 16 heavy (non-hydrogen) atoms. The lowest BCUT2D eigenvalue weighted by molar-refractivity contribution is -0.122. The Morgan fingerprint density at radius 2 is 2.12 bits per heavy atom. The second-order valence-corrected chi connectivity index (χ2v) is 5.25. The van der Waals surface area contributed by atoms with E-state index in [4.69, 9.17) is 4.74 Å². The van der Waals surface area contributed by atoms with Gasteiger partial charge in [-0.3, -0.25) is 4.79 Å². The monoisotopic (exact) mass is 291 g/mol. The van der Waals surface area contributed by atoms with Crippen molar-refractivity contribution in [1.29, 1.82) is 0 Å². The van der Waals surface area contributed by atoms with E-state index in [1.165, 1.54) is 0 Å². The van der Waals surface area contributed by atoms with Gasteiger partial charge in [0, 0.05) is 31.0 Å². The van der Waals surface area contributed by atoms with E-state index in [1.807, 2.05) is 0 Å². The van der Waals surface area contributed by atoms with Crippen LogP contribution in [0.5, 0.6) is 0 Å². The van der Waals surface area contributed by atoms with Crippen LogP contribution in [0.4, 0.5) is 0 Å². The summed E-state index contributed by atoms with van der Waals surface area (Å²) >= 11 is 3.37. The van der Waals surface area contributed by atoms with Gasteiger partial charge in [0.1, 0.15) is 0 Å². The minimum absolute atomic E-state index is 0.194. The van der Waals surface area contributed by atoms with E-state index in [1.54, 1.807) is 0 Å². The topological polar surface area (TPSA) is 38.3 Å². The number of carbonyl (C=O) groups excluding carboxylic acids is 1. The third-order valence-electron chi connectivity index (χ3n) is 3.15. The van der Waals surface area contributed by atoms with E-state index >= 15 is 0 Å². The SMILES string of the molecule is CC(NC(=O)CCCCBr)C1CCOCC1. The first kappa shape index (κ1) is 14.0. The van der Waals surface area contributed by atoms with Gasteiger partial charge in [-0.15, -0.1) is 0 Å². The van der Waals surface area contributed by atoms with E-state index in [0.29, 0.717) is 18.4 Å². The molecule has 1 aliphatic rings. The first-order valence-corrected chi connectivity index (χ1v) is 7.29. The maximum absolute atomic E-state index is 11.6. The molecule has 4 heteroatoms. The van der Waals surface area contributed by atoms with Crippen molar-refractivity contribution in [3.05, 3.63) is 0 Å². The van der Waals surface area contributed by atoms with Crippen molar-refractivity contribution in [1.82, 2.24) is 5.32 Å². The Kier molecular flexibility index (Phi) is 7.05. The van der Waals surface area contributed by atoms with Crippen molar-refractivity contribution in [2.75, 3.05) is 18.5 Å². The highest BCUT2D eigenvalue weighted by Gasteiger charge is 2.21. The van der Waals surface area contributed by atoms with Crippen molar-refractivity contribution in [2.45, 2.75) is 45.1 Å². The molecular weight excluding hydrogens is 270 g/mol. The fourth-order valence-electron chi connectivity index (χ4n) is 2.04. The van der Waals surface area contributed by atoms with Crippen LogP contribution in [0.3, 0.4) is 0 Å². The van der Waals surface area contributed by atoms with E-state index < -0.39 is 0 Å². The molecule has 3 nitrogen and oxygen atoms in total. The van der Waals surface area contributed by atoms with Crippen molar-refractivity contribution in [3.8, 4) is 0 Å². The molecule has 1 fully saturated rings. The van der Waals surface area contributed by atoms with Gasteiger partial charge in [-0.1, -0.05) is 15.9 Å². The highest BCUT2D eigenvalue weighted by atomic mass is 79.9. The predicted octanol–water partition coefficient (Wildman–Crippen LogP) is 2.48. The highest BCUT2D eigenvalue weighted by molar-refractivity contribution is 9.09. The first-order valence-electron chi connectivity index (χ1n) is 6.17.